The lowest BCUT2D eigenvalue weighted by atomic mass is 9.86. The second kappa shape index (κ2) is 7.46. The molecule has 0 spiro atoms. The van der Waals surface area contributed by atoms with Crippen LogP contribution in [-0.4, -0.2) is 41.8 Å². The van der Waals surface area contributed by atoms with Gasteiger partial charge in [-0.25, -0.2) is 0 Å². The van der Waals surface area contributed by atoms with Crippen molar-refractivity contribution in [2.45, 2.75) is 58.5 Å². The quantitative estimate of drug-likeness (QED) is 0.734. The molecule has 18 heavy (non-hydrogen) atoms. The van der Waals surface area contributed by atoms with Crippen LogP contribution in [0.25, 0.3) is 0 Å². The summed E-state index contributed by atoms with van der Waals surface area (Å²) in [5, 5.41) is 10.1. The first-order valence-corrected chi connectivity index (χ1v) is 7.65. The fourth-order valence-electron chi connectivity index (χ4n) is 2.90. The third-order valence-corrected chi connectivity index (χ3v) is 4.73. The molecular weight excluding hydrogens is 224 g/mol. The SMILES string of the molecule is CCC(O)(CN)CCCN1CCC(C(C)C)CC1. The molecule has 0 bridgehead atoms. The molecule has 1 heterocycles. The zero-order valence-corrected chi connectivity index (χ0v) is 12.5. The first-order valence-electron chi connectivity index (χ1n) is 7.65. The van der Waals surface area contributed by atoms with E-state index in [1.165, 1.54) is 25.9 Å². The molecule has 1 fully saturated rings. The molecule has 0 aliphatic carbocycles. The molecule has 108 valence electrons. The molecule has 1 rings (SSSR count). The third kappa shape index (κ3) is 4.87. The van der Waals surface area contributed by atoms with E-state index in [1.807, 2.05) is 6.92 Å². The average molecular weight is 256 g/mol. The number of rotatable bonds is 7. The van der Waals surface area contributed by atoms with E-state index in [1.54, 1.807) is 0 Å². The Balaban J connectivity index is 2.18. The first kappa shape index (κ1) is 15.9. The highest BCUT2D eigenvalue weighted by atomic mass is 16.3. The molecule has 1 unspecified atom stereocenters. The molecule has 0 aromatic rings. The fourth-order valence-corrected chi connectivity index (χ4v) is 2.90. The predicted molar refractivity (Wildman–Crippen MR) is 77.5 cm³/mol. The zero-order valence-electron chi connectivity index (χ0n) is 12.5. The molecular formula is C15H32N2O. The van der Waals surface area contributed by atoms with Crippen molar-refractivity contribution in [3.05, 3.63) is 0 Å². The fraction of sp³-hybridized carbons (Fsp3) is 1.00. The van der Waals surface area contributed by atoms with Gasteiger partial charge in [0.1, 0.15) is 0 Å². The Morgan fingerprint density at radius 3 is 2.39 bits per heavy atom. The summed E-state index contributed by atoms with van der Waals surface area (Å²) in [7, 11) is 0. The maximum atomic E-state index is 10.1. The van der Waals surface area contributed by atoms with Crippen molar-refractivity contribution in [1.29, 1.82) is 0 Å². The van der Waals surface area contributed by atoms with Gasteiger partial charge in [0.15, 0.2) is 0 Å². The van der Waals surface area contributed by atoms with Crippen molar-refractivity contribution in [2.75, 3.05) is 26.2 Å². The minimum absolute atomic E-state index is 0.388. The highest BCUT2D eigenvalue weighted by Gasteiger charge is 2.24. The van der Waals surface area contributed by atoms with Gasteiger partial charge >= 0.3 is 0 Å². The Kier molecular flexibility index (Phi) is 6.61. The van der Waals surface area contributed by atoms with Crippen molar-refractivity contribution in [3.8, 4) is 0 Å². The maximum absolute atomic E-state index is 10.1. The van der Waals surface area contributed by atoms with Crippen molar-refractivity contribution >= 4 is 0 Å². The Bertz CT molecular complexity index is 219. The van der Waals surface area contributed by atoms with Gasteiger partial charge in [-0.05, 0) is 63.6 Å². The Hall–Kier alpha value is -0.120. The summed E-state index contributed by atoms with van der Waals surface area (Å²) in [5.41, 5.74) is 5.00. The molecule has 0 aromatic carbocycles. The van der Waals surface area contributed by atoms with Crippen molar-refractivity contribution < 1.29 is 5.11 Å². The minimum atomic E-state index is -0.629. The third-order valence-electron chi connectivity index (χ3n) is 4.73. The van der Waals surface area contributed by atoms with Crippen LogP contribution in [0.3, 0.4) is 0 Å². The molecule has 3 heteroatoms. The van der Waals surface area contributed by atoms with Crippen LogP contribution >= 0.6 is 0 Å². The van der Waals surface area contributed by atoms with Gasteiger partial charge in [0.2, 0.25) is 0 Å². The van der Waals surface area contributed by atoms with Crippen LogP contribution < -0.4 is 5.73 Å². The van der Waals surface area contributed by atoms with Crippen LogP contribution in [0.4, 0.5) is 0 Å². The minimum Gasteiger partial charge on any atom is -0.389 e. The van der Waals surface area contributed by atoms with Crippen LogP contribution in [0, 0.1) is 11.8 Å². The highest BCUT2D eigenvalue weighted by molar-refractivity contribution is 4.79. The van der Waals surface area contributed by atoms with Crippen LogP contribution in [0.15, 0.2) is 0 Å². The monoisotopic (exact) mass is 256 g/mol. The summed E-state index contributed by atoms with van der Waals surface area (Å²) in [6, 6.07) is 0. The van der Waals surface area contributed by atoms with Crippen LogP contribution in [-0.2, 0) is 0 Å². The van der Waals surface area contributed by atoms with Crippen LogP contribution in [0.5, 0.6) is 0 Å². The van der Waals surface area contributed by atoms with Gasteiger partial charge < -0.3 is 15.7 Å². The normalized spacial score (nSPS) is 22.3. The number of hydrogen-bond acceptors (Lipinski definition) is 3. The maximum Gasteiger partial charge on any atom is 0.0767 e. The smallest absolute Gasteiger partial charge is 0.0767 e. The molecule has 0 saturated carbocycles. The number of nitrogens with two attached hydrogens (primary N) is 1. The summed E-state index contributed by atoms with van der Waals surface area (Å²) in [6.07, 6.45) is 5.34. The molecule has 1 aliphatic heterocycles. The predicted octanol–water partition coefficient (Wildman–Crippen LogP) is 2.23. The lowest BCUT2D eigenvalue weighted by Crippen LogP contribution is -2.39. The Labute approximate surface area is 113 Å². The van der Waals surface area contributed by atoms with Crippen molar-refractivity contribution in [2.24, 2.45) is 17.6 Å². The summed E-state index contributed by atoms with van der Waals surface area (Å²) >= 11 is 0. The summed E-state index contributed by atoms with van der Waals surface area (Å²) < 4.78 is 0. The van der Waals surface area contributed by atoms with Gasteiger partial charge in [-0.3, -0.25) is 0 Å². The van der Waals surface area contributed by atoms with Crippen LogP contribution in [0.2, 0.25) is 0 Å². The molecule has 1 atom stereocenters. The number of hydrogen-bond donors (Lipinski definition) is 2. The first-order chi connectivity index (χ1) is 8.50. The number of likely N-dealkylation sites (tertiary alicyclic amines) is 1. The van der Waals surface area contributed by atoms with Gasteiger partial charge in [-0.15, -0.1) is 0 Å². The second-order valence-electron chi connectivity index (χ2n) is 6.31. The number of aliphatic hydroxyl groups is 1. The number of nitrogens with zero attached hydrogens (tertiary/aromatic N) is 1. The van der Waals surface area contributed by atoms with Gasteiger partial charge in [0, 0.05) is 6.54 Å². The zero-order chi connectivity index (χ0) is 13.6. The largest absolute Gasteiger partial charge is 0.389 e. The number of piperidine rings is 1. The van der Waals surface area contributed by atoms with E-state index in [0.717, 1.165) is 37.6 Å². The summed E-state index contributed by atoms with van der Waals surface area (Å²) in [6.45, 7) is 10.7. The standard InChI is InChI=1S/C15H32N2O/c1-4-15(18,12-16)8-5-9-17-10-6-14(7-11-17)13(2)3/h13-14,18H,4-12,16H2,1-3H3. The van der Waals surface area contributed by atoms with Gasteiger partial charge in [0.05, 0.1) is 5.60 Å². The van der Waals surface area contributed by atoms with E-state index < -0.39 is 5.60 Å². The lowest BCUT2D eigenvalue weighted by molar-refractivity contribution is 0.0301. The topological polar surface area (TPSA) is 49.5 Å². The Morgan fingerprint density at radius 1 is 1.33 bits per heavy atom. The average Bonchev–Trinajstić information content (AvgIpc) is 2.39. The molecule has 3 nitrogen and oxygen atoms in total. The van der Waals surface area contributed by atoms with Gasteiger partial charge in [-0.1, -0.05) is 20.8 Å². The van der Waals surface area contributed by atoms with E-state index in [9.17, 15) is 5.11 Å². The van der Waals surface area contributed by atoms with Gasteiger partial charge in [0.25, 0.3) is 0 Å². The molecule has 0 aromatic heterocycles. The van der Waals surface area contributed by atoms with E-state index in [0.29, 0.717) is 6.54 Å². The van der Waals surface area contributed by atoms with E-state index >= 15 is 0 Å². The molecule has 1 aliphatic rings. The van der Waals surface area contributed by atoms with E-state index in [4.69, 9.17) is 5.73 Å². The highest BCUT2D eigenvalue weighted by Crippen LogP contribution is 2.25. The van der Waals surface area contributed by atoms with Crippen molar-refractivity contribution in [1.82, 2.24) is 4.90 Å². The molecule has 1 saturated heterocycles. The van der Waals surface area contributed by atoms with Gasteiger partial charge in [-0.2, -0.15) is 0 Å². The molecule has 3 N–H and O–H groups in total. The molecule has 0 amide bonds. The van der Waals surface area contributed by atoms with Crippen LogP contribution in [0.1, 0.15) is 52.9 Å². The lowest BCUT2D eigenvalue weighted by Gasteiger charge is -2.34. The summed E-state index contributed by atoms with van der Waals surface area (Å²) in [4.78, 5) is 2.55. The summed E-state index contributed by atoms with van der Waals surface area (Å²) in [5.74, 6) is 1.74. The Morgan fingerprint density at radius 2 is 1.94 bits per heavy atom. The van der Waals surface area contributed by atoms with Crippen molar-refractivity contribution in [3.63, 3.8) is 0 Å². The van der Waals surface area contributed by atoms with E-state index in [-0.39, 0.29) is 0 Å². The second-order valence-corrected chi connectivity index (χ2v) is 6.31. The molecule has 0 radical (unpaired) electrons. The van der Waals surface area contributed by atoms with E-state index in [2.05, 4.69) is 18.7 Å².